The van der Waals surface area contributed by atoms with E-state index in [1.807, 2.05) is 42.5 Å². The number of rotatable bonds is 3. The first-order valence-corrected chi connectivity index (χ1v) is 9.37. The molecule has 1 aliphatic heterocycles. The Morgan fingerprint density at radius 1 is 1.04 bits per heavy atom. The van der Waals surface area contributed by atoms with E-state index in [1.165, 1.54) is 0 Å². The SMILES string of the molecule is O=C(NC(=C1CCN(F)CC1)c1nc2ccccc2s1)c1ccccc1. The summed E-state index contributed by atoms with van der Waals surface area (Å²) >= 11 is 1.55. The first kappa shape index (κ1) is 16.9. The second kappa shape index (κ2) is 7.35. The number of hydrogen-bond acceptors (Lipinski definition) is 4. The van der Waals surface area contributed by atoms with Crippen molar-refractivity contribution < 1.29 is 9.28 Å². The molecule has 2 heterocycles. The second-order valence-corrected chi connectivity index (χ2v) is 7.23. The highest BCUT2D eigenvalue weighted by Gasteiger charge is 2.21. The van der Waals surface area contributed by atoms with Gasteiger partial charge in [-0.05, 0) is 42.7 Å². The van der Waals surface area contributed by atoms with Crippen LogP contribution in [-0.2, 0) is 0 Å². The van der Waals surface area contributed by atoms with E-state index in [0.717, 1.165) is 31.6 Å². The summed E-state index contributed by atoms with van der Waals surface area (Å²) in [5, 5.41) is 4.64. The molecule has 0 radical (unpaired) electrons. The fourth-order valence-corrected chi connectivity index (χ4v) is 4.06. The third-order valence-electron chi connectivity index (χ3n) is 4.45. The lowest BCUT2D eigenvalue weighted by Crippen LogP contribution is -2.28. The van der Waals surface area contributed by atoms with Gasteiger partial charge in [0.15, 0.2) is 0 Å². The summed E-state index contributed by atoms with van der Waals surface area (Å²) in [6, 6.07) is 17.0. The lowest BCUT2D eigenvalue weighted by atomic mass is 10.0. The number of halogens is 1. The predicted octanol–water partition coefficient (Wildman–Crippen LogP) is 4.42. The molecular weight excluding hydrogens is 349 g/mol. The normalized spacial score (nSPS) is 15.2. The molecule has 0 saturated carbocycles. The van der Waals surface area contributed by atoms with Gasteiger partial charge < -0.3 is 5.32 Å². The summed E-state index contributed by atoms with van der Waals surface area (Å²) < 4.78 is 14.5. The highest BCUT2D eigenvalue weighted by Crippen LogP contribution is 2.31. The van der Waals surface area contributed by atoms with Crippen LogP contribution in [0.4, 0.5) is 4.48 Å². The number of fused-ring (bicyclic) bond motifs is 1. The molecule has 1 amide bonds. The number of carbonyl (C=O) groups is 1. The van der Waals surface area contributed by atoms with Gasteiger partial charge in [-0.1, -0.05) is 30.3 Å². The largest absolute Gasteiger partial charge is 0.319 e. The Balaban J connectivity index is 1.72. The number of para-hydroxylation sites is 1. The van der Waals surface area contributed by atoms with Gasteiger partial charge in [-0.3, -0.25) is 4.79 Å². The van der Waals surface area contributed by atoms with Crippen molar-refractivity contribution in [2.24, 2.45) is 0 Å². The summed E-state index contributed by atoms with van der Waals surface area (Å²) in [5.41, 5.74) is 3.27. The Labute approximate surface area is 154 Å². The first-order chi connectivity index (χ1) is 12.7. The van der Waals surface area contributed by atoms with Gasteiger partial charge in [0.1, 0.15) is 5.01 Å². The highest BCUT2D eigenvalue weighted by molar-refractivity contribution is 7.19. The molecule has 1 fully saturated rings. The zero-order valence-corrected chi connectivity index (χ0v) is 14.9. The summed E-state index contributed by atoms with van der Waals surface area (Å²) in [6.45, 7) is 0.676. The van der Waals surface area contributed by atoms with Crippen molar-refractivity contribution in [1.82, 2.24) is 15.4 Å². The third kappa shape index (κ3) is 3.52. The van der Waals surface area contributed by atoms with Crippen molar-refractivity contribution in [2.75, 3.05) is 13.1 Å². The molecule has 132 valence electrons. The summed E-state index contributed by atoms with van der Waals surface area (Å²) in [6.07, 6.45) is 1.16. The van der Waals surface area contributed by atoms with Crippen LogP contribution in [0.2, 0.25) is 0 Å². The van der Waals surface area contributed by atoms with Crippen LogP contribution in [0.1, 0.15) is 28.2 Å². The third-order valence-corrected chi connectivity index (χ3v) is 5.50. The van der Waals surface area contributed by atoms with Crippen molar-refractivity contribution in [3.8, 4) is 0 Å². The second-order valence-electron chi connectivity index (χ2n) is 6.20. The van der Waals surface area contributed by atoms with E-state index in [4.69, 9.17) is 4.98 Å². The standard InChI is InChI=1S/C20H18FN3OS/c21-24-12-10-14(11-13-24)18(23-19(25)15-6-2-1-3-7-15)20-22-16-8-4-5-9-17(16)26-20/h1-9H,10-13H2,(H,23,25). The molecule has 0 atom stereocenters. The van der Waals surface area contributed by atoms with E-state index >= 15 is 0 Å². The number of benzene rings is 2. The minimum Gasteiger partial charge on any atom is -0.319 e. The minimum absolute atomic E-state index is 0.171. The van der Waals surface area contributed by atoms with E-state index in [0.29, 0.717) is 31.5 Å². The number of piperidine rings is 1. The Bertz CT molecular complexity index is 924. The Kier molecular flexibility index (Phi) is 4.77. The number of hydrogen-bond donors (Lipinski definition) is 1. The van der Waals surface area contributed by atoms with Crippen LogP contribution in [0.3, 0.4) is 0 Å². The average Bonchev–Trinajstić information content (AvgIpc) is 3.11. The van der Waals surface area contributed by atoms with Gasteiger partial charge in [0.05, 0.1) is 15.9 Å². The molecule has 6 heteroatoms. The van der Waals surface area contributed by atoms with Crippen molar-refractivity contribution in [3.63, 3.8) is 0 Å². The van der Waals surface area contributed by atoms with E-state index in [2.05, 4.69) is 5.32 Å². The Morgan fingerprint density at radius 3 is 2.46 bits per heavy atom. The van der Waals surface area contributed by atoms with Crippen molar-refractivity contribution in [3.05, 3.63) is 70.7 Å². The van der Waals surface area contributed by atoms with Gasteiger partial charge in [0, 0.05) is 18.7 Å². The van der Waals surface area contributed by atoms with Crippen LogP contribution in [0.5, 0.6) is 0 Å². The maximum atomic E-state index is 13.4. The molecular formula is C20H18FN3OS. The average molecular weight is 367 g/mol. The molecule has 3 aromatic rings. The fraction of sp³-hybridized carbons (Fsp3) is 0.200. The molecule has 1 N–H and O–H groups in total. The van der Waals surface area contributed by atoms with Gasteiger partial charge in [-0.15, -0.1) is 20.9 Å². The summed E-state index contributed by atoms with van der Waals surface area (Å²) in [5.74, 6) is -0.171. The summed E-state index contributed by atoms with van der Waals surface area (Å²) in [7, 11) is 0. The number of carbonyl (C=O) groups excluding carboxylic acids is 1. The van der Waals surface area contributed by atoms with E-state index in [1.54, 1.807) is 23.5 Å². The predicted molar refractivity (Wildman–Crippen MR) is 102 cm³/mol. The van der Waals surface area contributed by atoms with Gasteiger partial charge in [0.25, 0.3) is 5.91 Å². The van der Waals surface area contributed by atoms with Crippen LogP contribution in [0.25, 0.3) is 15.9 Å². The molecule has 4 nitrogen and oxygen atoms in total. The molecule has 1 aliphatic rings. The van der Waals surface area contributed by atoms with Gasteiger partial charge in [-0.2, -0.15) is 0 Å². The molecule has 2 aromatic carbocycles. The number of amides is 1. The zero-order valence-electron chi connectivity index (χ0n) is 14.1. The molecule has 0 aliphatic carbocycles. The van der Waals surface area contributed by atoms with Crippen LogP contribution in [0.15, 0.2) is 60.2 Å². The molecule has 0 spiro atoms. The van der Waals surface area contributed by atoms with Gasteiger partial charge >= 0.3 is 0 Å². The van der Waals surface area contributed by atoms with Crippen LogP contribution in [0, 0.1) is 0 Å². The molecule has 0 bridgehead atoms. The number of thiazole rings is 1. The highest BCUT2D eigenvalue weighted by atomic mass is 32.1. The zero-order chi connectivity index (χ0) is 17.9. The van der Waals surface area contributed by atoms with Crippen LogP contribution < -0.4 is 5.32 Å². The Hall–Kier alpha value is -2.57. The molecule has 26 heavy (non-hydrogen) atoms. The van der Waals surface area contributed by atoms with Gasteiger partial charge in [-0.25, -0.2) is 4.98 Å². The van der Waals surface area contributed by atoms with Crippen molar-refractivity contribution in [1.29, 1.82) is 0 Å². The number of aromatic nitrogens is 1. The smallest absolute Gasteiger partial charge is 0.255 e. The number of nitrogens with zero attached hydrogens (tertiary/aromatic N) is 2. The minimum atomic E-state index is -0.171. The Morgan fingerprint density at radius 2 is 1.73 bits per heavy atom. The van der Waals surface area contributed by atoms with Crippen LogP contribution >= 0.6 is 11.3 Å². The van der Waals surface area contributed by atoms with E-state index < -0.39 is 0 Å². The van der Waals surface area contributed by atoms with E-state index in [-0.39, 0.29) is 5.91 Å². The maximum absolute atomic E-state index is 13.4. The fourth-order valence-electron chi connectivity index (χ4n) is 3.05. The van der Waals surface area contributed by atoms with Crippen molar-refractivity contribution >= 4 is 33.2 Å². The lowest BCUT2D eigenvalue weighted by Gasteiger charge is -2.23. The quantitative estimate of drug-likeness (QED) is 0.697. The molecule has 1 saturated heterocycles. The van der Waals surface area contributed by atoms with Crippen LogP contribution in [-0.4, -0.2) is 29.1 Å². The molecule has 0 unspecified atom stereocenters. The van der Waals surface area contributed by atoms with Gasteiger partial charge in [0.2, 0.25) is 0 Å². The topological polar surface area (TPSA) is 45.2 Å². The monoisotopic (exact) mass is 367 g/mol. The van der Waals surface area contributed by atoms with E-state index in [9.17, 15) is 9.28 Å². The number of nitrogens with one attached hydrogen (secondary N) is 1. The molecule has 4 rings (SSSR count). The van der Waals surface area contributed by atoms with Crippen molar-refractivity contribution in [2.45, 2.75) is 12.8 Å². The summed E-state index contributed by atoms with van der Waals surface area (Å²) in [4.78, 5) is 17.4. The lowest BCUT2D eigenvalue weighted by molar-refractivity contribution is 0.0175. The first-order valence-electron chi connectivity index (χ1n) is 8.56. The molecule has 1 aromatic heterocycles. The maximum Gasteiger partial charge on any atom is 0.255 e.